The fourth-order valence-corrected chi connectivity index (χ4v) is 3.69. The van der Waals surface area contributed by atoms with Crippen molar-refractivity contribution in [3.05, 3.63) is 54.3 Å². The number of para-hydroxylation sites is 1. The number of hydrogen-bond donors (Lipinski definition) is 0. The van der Waals surface area contributed by atoms with Crippen molar-refractivity contribution >= 4 is 22.8 Å². The molecule has 0 aliphatic carbocycles. The first-order valence-electron chi connectivity index (χ1n) is 9.57. The van der Waals surface area contributed by atoms with E-state index in [1.165, 1.54) is 0 Å². The zero-order valence-electron chi connectivity index (χ0n) is 15.8. The molecule has 6 heteroatoms. The zero-order chi connectivity index (χ0) is 19.5. The van der Waals surface area contributed by atoms with Crippen LogP contribution in [0.1, 0.15) is 30.1 Å². The lowest BCUT2D eigenvalue weighted by Gasteiger charge is -2.32. The van der Waals surface area contributed by atoms with Crippen LogP contribution in [0, 0.1) is 5.92 Å². The fraction of sp³-hybridized carbons (Fsp3) is 0.318. The Morgan fingerprint density at radius 1 is 1.25 bits per heavy atom. The predicted octanol–water partition coefficient (Wildman–Crippen LogP) is 3.91. The Labute approximate surface area is 163 Å². The number of furan rings is 1. The van der Waals surface area contributed by atoms with Gasteiger partial charge in [-0.3, -0.25) is 9.59 Å². The Hall–Kier alpha value is -3.15. The van der Waals surface area contributed by atoms with E-state index in [9.17, 15) is 9.59 Å². The molecule has 1 aliphatic heterocycles. The number of benzene rings is 1. The second kappa shape index (κ2) is 7.84. The maximum atomic E-state index is 13.4. The number of rotatable bonds is 4. The average Bonchev–Trinajstić information content (AvgIpc) is 3.28. The summed E-state index contributed by atoms with van der Waals surface area (Å²) in [5.41, 5.74) is 1.92. The Morgan fingerprint density at radius 3 is 2.89 bits per heavy atom. The molecule has 1 atom stereocenters. The lowest BCUT2D eigenvalue weighted by atomic mass is 9.96. The fourth-order valence-electron chi connectivity index (χ4n) is 3.69. The molecule has 6 nitrogen and oxygen atoms in total. The van der Waals surface area contributed by atoms with Crippen molar-refractivity contribution in [3.8, 4) is 11.5 Å². The predicted molar refractivity (Wildman–Crippen MR) is 105 cm³/mol. The van der Waals surface area contributed by atoms with Crippen LogP contribution < -0.4 is 0 Å². The Balaban J connectivity index is 1.69. The number of esters is 1. The van der Waals surface area contributed by atoms with Gasteiger partial charge in [0.25, 0.3) is 5.91 Å². The van der Waals surface area contributed by atoms with E-state index < -0.39 is 0 Å². The molecule has 0 spiro atoms. The molecule has 2 aromatic heterocycles. The van der Waals surface area contributed by atoms with E-state index in [2.05, 4.69) is 4.98 Å². The lowest BCUT2D eigenvalue weighted by Crippen LogP contribution is -2.42. The van der Waals surface area contributed by atoms with Gasteiger partial charge in [-0.05, 0) is 44.0 Å². The number of carbonyl (C=O) groups excluding carboxylic acids is 2. The molecule has 0 radical (unpaired) electrons. The second-order valence-electron chi connectivity index (χ2n) is 6.89. The van der Waals surface area contributed by atoms with Crippen LogP contribution in [0.4, 0.5) is 0 Å². The number of ether oxygens (including phenoxy) is 1. The highest BCUT2D eigenvalue weighted by molar-refractivity contribution is 6.07. The molecule has 0 bridgehead atoms. The molecule has 0 N–H and O–H groups in total. The molecule has 1 aromatic carbocycles. The van der Waals surface area contributed by atoms with Gasteiger partial charge in [-0.1, -0.05) is 18.2 Å². The van der Waals surface area contributed by atoms with Gasteiger partial charge in [-0.2, -0.15) is 0 Å². The molecule has 4 rings (SSSR count). The minimum Gasteiger partial charge on any atom is -0.466 e. The van der Waals surface area contributed by atoms with Crippen molar-refractivity contribution in [2.24, 2.45) is 5.92 Å². The third-order valence-electron chi connectivity index (χ3n) is 5.05. The van der Waals surface area contributed by atoms with E-state index in [1.807, 2.05) is 30.3 Å². The van der Waals surface area contributed by atoms with Gasteiger partial charge >= 0.3 is 5.97 Å². The Bertz CT molecular complexity index is 997. The highest BCUT2D eigenvalue weighted by Crippen LogP contribution is 2.28. The Kier molecular flexibility index (Phi) is 5.10. The highest BCUT2D eigenvalue weighted by Gasteiger charge is 2.30. The summed E-state index contributed by atoms with van der Waals surface area (Å²) in [6.45, 7) is 3.15. The van der Waals surface area contributed by atoms with Crippen molar-refractivity contribution in [3.63, 3.8) is 0 Å². The maximum Gasteiger partial charge on any atom is 0.310 e. The number of likely N-dealkylation sites (tertiary alicyclic amines) is 1. The SMILES string of the molecule is CCOC(=O)[C@H]1CCCN(C(=O)c2cc(-c3ccco3)nc3ccccc23)C1. The zero-order valence-corrected chi connectivity index (χ0v) is 15.8. The first-order chi connectivity index (χ1) is 13.7. The molecule has 1 fully saturated rings. The summed E-state index contributed by atoms with van der Waals surface area (Å²) in [5, 5.41) is 0.793. The van der Waals surface area contributed by atoms with E-state index >= 15 is 0 Å². The van der Waals surface area contributed by atoms with Crippen molar-refractivity contribution in [2.45, 2.75) is 19.8 Å². The van der Waals surface area contributed by atoms with Gasteiger partial charge in [0, 0.05) is 18.5 Å². The molecule has 1 amide bonds. The number of carbonyl (C=O) groups is 2. The van der Waals surface area contributed by atoms with Crippen molar-refractivity contribution in [2.75, 3.05) is 19.7 Å². The summed E-state index contributed by atoms with van der Waals surface area (Å²) in [4.78, 5) is 31.9. The number of pyridine rings is 1. The van der Waals surface area contributed by atoms with Gasteiger partial charge in [0.15, 0.2) is 5.76 Å². The lowest BCUT2D eigenvalue weighted by molar-refractivity contribution is -0.149. The van der Waals surface area contributed by atoms with Crippen LogP contribution in [0.15, 0.2) is 53.1 Å². The van der Waals surface area contributed by atoms with Crippen LogP contribution in [0.25, 0.3) is 22.4 Å². The van der Waals surface area contributed by atoms with E-state index in [1.54, 1.807) is 30.2 Å². The van der Waals surface area contributed by atoms with Gasteiger partial charge in [-0.15, -0.1) is 0 Å². The van der Waals surface area contributed by atoms with Gasteiger partial charge in [0.2, 0.25) is 0 Å². The molecule has 28 heavy (non-hydrogen) atoms. The monoisotopic (exact) mass is 378 g/mol. The minimum absolute atomic E-state index is 0.0968. The summed E-state index contributed by atoms with van der Waals surface area (Å²) in [5.74, 6) is 0.0226. The average molecular weight is 378 g/mol. The van der Waals surface area contributed by atoms with Crippen molar-refractivity contribution in [1.29, 1.82) is 0 Å². The van der Waals surface area contributed by atoms with Crippen molar-refractivity contribution < 1.29 is 18.7 Å². The van der Waals surface area contributed by atoms with Gasteiger partial charge in [0.05, 0.1) is 29.9 Å². The summed E-state index contributed by atoms with van der Waals surface area (Å²) >= 11 is 0. The molecular formula is C22H22N2O4. The van der Waals surface area contributed by atoms with Crippen LogP contribution in [-0.4, -0.2) is 41.5 Å². The number of amides is 1. The molecule has 1 saturated heterocycles. The highest BCUT2D eigenvalue weighted by atomic mass is 16.5. The third-order valence-corrected chi connectivity index (χ3v) is 5.05. The molecule has 0 saturated carbocycles. The summed E-state index contributed by atoms with van der Waals surface area (Å²) < 4.78 is 10.6. The molecule has 144 valence electrons. The maximum absolute atomic E-state index is 13.4. The number of hydrogen-bond acceptors (Lipinski definition) is 5. The molecule has 3 aromatic rings. The first kappa shape index (κ1) is 18.2. The third kappa shape index (κ3) is 3.50. The molecule has 0 unspecified atom stereocenters. The van der Waals surface area contributed by atoms with Crippen LogP contribution in [0.2, 0.25) is 0 Å². The van der Waals surface area contributed by atoms with Gasteiger partial charge in [-0.25, -0.2) is 4.98 Å². The van der Waals surface area contributed by atoms with Crippen LogP contribution >= 0.6 is 0 Å². The minimum atomic E-state index is -0.268. The van der Waals surface area contributed by atoms with Gasteiger partial charge < -0.3 is 14.1 Å². The molecule has 1 aliphatic rings. The molecular weight excluding hydrogens is 356 g/mol. The quantitative estimate of drug-likeness (QED) is 0.644. The topological polar surface area (TPSA) is 72.6 Å². The normalized spacial score (nSPS) is 16.9. The van der Waals surface area contributed by atoms with Gasteiger partial charge in [0.1, 0.15) is 5.69 Å². The Morgan fingerprint density at radius 2 is 2.11 bits per heavy atom. The van der Waals surface area contributed by atoms with E-state index in [4.69, 9.17) is 9.15 Å². The molecule has 3 heterocycles. The first-order valence-corrected chi connectivity index (χ1v) is 9.57. The van der Waals surface area contributed by atoms with E-state index in [0.717, 1.165) is 23.7 Å². The second-order valence-corrected chi connectivity index (χ2v) is 6.89. The largest absolute Gasteiger partial charge is 0.466 e. The standard InChI is InChI=1S/C22H22N2O4/c1-2-27-22(26)15-7-5-11-24(14-15)21(25)17-13-19(20-10-6-12-28-20)23-18-9-4-3-8-16(17)18/h3-4,6,8-10,12-13,15H,2,5,7,11,14H2,1H3/t15-/m0/s1. The van der Waals surface area contributed by atoms with E-state index in [-0.39, 0.29) is 17.8 Å². The van der Waals surface area contributed by atoms with Crippen molar-refractivity contribution in [1.82, 2.24) is 9.88 Å². The number of fused-ring (bicyclic) bond motifs is 1. The summed E-state index contributed by atoms with van der Waals surface area (Å²) in [6, 6.07) is 13.0. The number of nitrogens with zero attached hydrogens (tertiary/aromatic N) is 2. The van der Waals surface area contributed by atoms with Crippen LogP contribution in [0.3, 0.4) is 0 Å². The smallest absolute Gasteiger partial charge is 0.310 e. The number of piperidine rings is 1. The van der Waals surface area contributed by atoms with E-state index in [0.29, 0.717) is 36.7 Å². The summed E-state index contributed by atoms with van der Waals surface area (Å²) in [6.07, 6.45) is 3.11. The summed E-state index contributed by atoms with van der Waals surface area (Å²) in [7, 11) is 0. The van der Waals surface area contributed by atoms with Crippen LogP contribution in [-0.2, 0) is 9.53 Å². The number of aromatic nitrogens is 1. The van der Waals surface area contributed by atoms with Crippen LogP contribution in [0.5, 0.6) is 0 Å².